The molecule has 0 aliphatic heterocycles. The minimum Gasteiger partial charge on any atom is -0.546 e. The monoisotopic (exact) mass is 563 g/mol. The molecular formula is C29H25F3NNaO6. The molecule has 0 saturated carbocycles. The van der Waals surface area contributed by atoms with E-state index in [9.17, 15) is 27.9 Å². The van der Waals surface area contributed by atoms with Crippen LogP contribution in [0.3, 0.4) is 0 Å². The number of carbonyl (C=O) groups is 2. The molecule has 0 aliphatic carbocycles. The number of alkyl halides is 3. The molecule has 0 saturated heterocycles. The summed E-state index contributed by atoms with van der Waals surface area (Å²) < 4.78 is 55.4. The van der Waals surface area contributed by atoms with Gasteiger partial charge < -0.3 is 28.7 Å². The van der Waals surface area contributed by atoms with E-state index in [1.54, 1.807) is 66.9 Å². The molecule has 0 N–H and O–H groups in total. The Labute approximate surface area is 250 Å². The zero-order chi connectivity index (χ0) is 28.3. The Morgan fingerprint density at radius 3 is 2.25 bits per heavy atom. The summed E-state index contributed by atoms with van der Waals surface area (Å²) >= 11 is 0. The van der Waals surface area contributed by atoms with Gasteiger partial charge in [0.15, 0.2) is 5.78 Å². The summed E-state index contributed by atoms with van der Waals surface area (Å²) in [5.41, 5.74) is 2.29. The molecule has 40 heavy (non-hydrogen) atoms. The molecule has 0 amide bonds. The van der Waals surface area contributed by atoms with Crippen LogP contribution in [0.5, 0.6) is 17.2 Å². The minimum atomic E-state index is -4.89. The smallest absolute Gasteiger partial charge is 0.546 e. The van der Waals surface area contributed by atoms with Gasteiger partial charge in [0.1, 0.15) is 23.4 Å². The molecule has 0 spiro atoms. The van der Waals surface area contributed by atoms with Crippen molar-refractivity contribution in [1.82, 2.24) is 4.57 Å². The summed E-state index contributed by atoms with van der Waals surface area (Å²) in [5, 5.41) is 11.7. The van der Waals surface area contributed by atoms with Crippen molar-refractivity contribution in [3.63, 3.8) is 0 Å². The Balaban J connectivity index is 0.00000441. The molecule has 3 aromatic carbocycles. The Hall–Kier alpha value is -3.47. The van der Waals surface area contributed by atoms with Crippen LogP contribution in [0.1, 0.15) is 40.5 Å². The maximum atomic E-state index is 13.6. The quantitative estimate of drug-likeness (QED) is 0.217. The fraction of sp³-hybridized carbons (Fsp3) is 0.241. The number of halogens is 3. The molecule has 1 heterocycles. The number of carboxylic acids is 1. The SMILES string of the molecule is CC[C@H](Oc1cccc(Cn2c(C)c(C(=O)c3ccc(OC)cc3)c3ccc(OC(F)(F)F)cc32)c1)C(=O)[O-].[Na+]. The number of hydrogen-bond donors (Lipinski definition) is 0. The van der Waals surface area contributed by atoms with E-state index in [1.165, 1.54) is 25.3 Å². The number of aliphatic carboxylic acids is 1. The largest absolute Gasteiger partial charge is 1.00 e. The normalized spacial score (nSPS) is 11.9. The number of carboxylic acid groups (broad SMARTS) is 1. The van der Waals surface area contributed by atoms with Gasteiger partial charge in [-0.25, -0.2) is 0 Å². The predicted molar refractivity (Wildman–Crippen MR) is 135 cm³/mol. The molecule has 0 fully saturated rings. The maximum absolute atomic E-state index is 13.6. The first-order chi connectivity index (χ1) is 18.5. The van der Waals surface area contributed by atoms with Crippen LogP contribution in [0.15, 0.2) is 66.7 Å². The van der Waals surface area contributed by atoms with Crippen molar-refractivity contribution in [2.45, 2.75) is 39.3 Å². The average molecular weight is 564 g/mol. The third kappa shape index (κ3) is 6.99. The van der Waals surface area contributed by atoms with Gasteiger partial charge in [0, 0.05) is 29.3 Å². The molecule has 4 aromatic rings. The summed E-state index contributed by atoms with van der Waals surface area (Å²) in [6, 6.07) is 17.1. The van der Waals surface area contributed by atoms with Gasteiger partial charge in [-0.2, -0.15) is 0 Å². The van der Waals surface area contributed by atoms with Gasteiger partial charge >= 0.3 is 35.9 Å². The number of hydrogen-bond acceptors (Lipinski definition) is 6. The van der Waals surface area contributed by atoms with E-state index in [-0.39, 0.29) is 48.3 Å². The van der Waals surface area contributed by atoms with Crippen LogP contribution < -0.4 is 48.9 Å². The number of methoxy groups -OCH3 is 1. The van der Waals surface area contributed by atoms with Crippen LogP contribution in [-0.2, 0) is 11.3 Å². The second kappa shape index (κ2) is 12.8. The van der Waals surface area contributed by atoms with Gasteiger partial charge in [-0.15, -0.1) is 13.2 Å². The van der Waals surface area contributed by atoms with Gasteiger partial charge in [-0.1, -0.05) is 19.1 Å². The zero-order valence-electron chi connectivity index (χ0n) is 22.4. The third-order valence-electron chi connectivity index (χ3n) is 6.26. The van der Waals surface area contributed by atoms with Crippen molar-refractivity contribution in [1.29, 1.82) is 0 Å². The number of aromatic nitrogens is 1. The third-order valence-corrected chi connectivity index (χ3v) is 6.26. The molecule has 0 aliphatic rings. The molecule has 204 valence electrons. The van der Waals surface area contributed by atoms with Crippen molar-refractivity contribution in [3.05, 3.63) is 89.1 Å². The van der Waals surface area contributed by atoms with Gasteiger partial charge in [0.25, 0.3) is 0 Å². The number of ether oxygens (including phenoxy) is 3. The van der Waals surface area contributed by atoms with Crippen LogP contribution in [0.4, 0.5) is 13.2 Å². The number of fused-ring (bicyclic) bond motifs is 1. The van der Waals surface area contributed by atoms with Crippen molar-refractivity contribution in [2.75, 3.05) is 7.11 Å². The first-order valence-electron chi connectivity index (χ1n) is 12.0. The van der Waals surface area contributed by atoms with Crippen LogP contribution in [0.2, 0.25) is 0 Å². The molecule has 1 atom stereocenters. The number of benzene rings is 3. The fourth-order valence-corrected chi connectivity index (χ4v) is 4.39. The molecule has 0 radical (unpaired) electrons. The predicted octanol–water partition coefficient (Wildman–Crippen LogP) is 2.05. The van der Waals surface area contributed by atoms with Crippen molar-refractivity contribution in [3.8, 4) is 17.2 Å². The van der Waals surface area contributed by atoms with E-state index in [1.807, 2.05) is 0 Å². The van der Waals surface area contributed by atoms with E-state index < -0.39 is 24.2 Å². The first-order valence-corrected chi connectivity index (χ1v) is 12.0. The van der Waals surface area contributed by atoms with Gasteiger partial charge in [-0.3, -0.25) is 4.79 Å². The van der Waals surface area contributed by atoms with E-state index in [2.05, 4.69) is 4.74 Å². The average Bonchev–Trinajstić information content (AvgIpc) is 3.16. The molecule has 0 unspecified atom stereocenters. The van der Waals surface area contributed by atoms with E-state index in [0.717, 1.165) is 0 Å². The Morgan fingerprint density at radius 2 is 1.65 bits per heavy atom. The molecule has 11 heteroatoms. The number of rotatable bonds is 10. The number of ketones is 1. The summed E-state index contributed by atoms with van der Waals surface area (Å²) in [5.74, 6) is -1.19. The van der Waals surface area contributed by atoms with E-state index in [4.69, 9.17) is 9.47 Å². The van der Waals surface area contributed by atoms with Gasteiger partial charge in [0.2, 0.25) is 0 Å². The summed E-state index contributed by atoms with van der Waals surface area (Å²) in [6.45, 7) is 3.53. The van der Waals surface area contributed by atoms with Crippen LogP contribution in [-0.4, -0.2) is 35.9 Å². The van der Waals surface area contributed by atoms with Gasteiger partial charge in [-0.05, 0) is 67.4 Å². The summed E-state index contributed by atoms with van der Waals surface area (Å²) in [7, 11) is 1.51. The Bertz CT molecular complexity index is 1510. The summed E-state index contributed by atoms with van der Waals surface area (Å²) in [6.07, 6.45) is -5.82. The number of carbonyl (C=O) groups excluding carboxylic acids is 2. The van der Waals surface area contributed by atoms with E-state index >= 15 is 0 Å². The Kier molecular flexibility index (Phi) is 9.94. The first kappa shape index (κ1) is 31.1. The standard InChI is InChI=1S/C29H26F3NO6.Na/c1-4-25(28(35)36)38-21-7-5-6-18(14-21)16-33-17(2)26(27(34)19-8-10-20(37-3)11-9-19)23-13-12-22(15-24(23)33)39-29(30,31)32;/h5-15,25H,4,16H2,1-3H3,(H,35,36);/q;+1/p-1/t25-;/m0./s1. The topological polar surface area (TPSA) is 89.8 Å². The van der Waals surface area contributed by atoms with Crippen molar-refractivity contribution < 1.29 is 71.6 Å². The maximum Gasteiger partial charge on any atom is 1.00 e. The second-order valence-electron chi connectivity index (χ2n) is 8.81. The van der Waals surface area contributed by atoms with E-state index in [0.29, 0.717) is 44.8 Å². The molecule has 4 rings (SSSR count). The molecule has 1 aromatic heterocycles. The zero-order valence-corrected chi connectivity index (χ0v) is 24.4. The summed E-state index contributed by atoms with van der Waals surface area (Å²) in [4.78, 5) is 24.9. The second-order valence-corrected chi connectivity index (χ2v) is 8.81. The molecular weight excluding hydrogens is 538 g/mol. The van der Waals surface area contributed by atoms with Crippen molar-refractivity contribution in [2.24, 2.45) is 0 Å². The van der Waals surface area contributed by atoms with Crippen LogP contribution >= 0.6 is 0 Å². The molecule has 7 nitrogen and oxygen atoms in total. The fourth-order valence-electron chi connectivity index (χ4n) is 4.39. The molecule has 0 bridgehead atoms. The van der Waals surface area contributed by atoms with Crippen LogP contribution in [0, 0.1) is 6.92 Å². The number of nitrogens with zero attached hydrogens (tertiary/aromatic N) is 1. The van der Waals surface area contributed by atoms with Crippen molar-refractivity contribution >= 4 is 22.7 Å². The van der Waals surface area contributed by atoms with Crippen LogP contribution in [0.25, 0.3) is 10.9 Å². The Morgan fingerprint density at radius 1 is 0.975 bits per heavy atom. The minimum absolute atomic E-state index is 0. The van der Waals surface area contributed by atoms with Gasteiger partial charge in [0.05, 0.1) is 24.2 Å².